The molecular formula is C17H20F2N2O3. The number of furan rings is 1. The third kappa shape index (κ3) is 5.34. The van der Waals surface area contributed by atoms with Crippen LogP contribution in [0.25, 0.3) is 0 Å². The number of alkyl halides is 2. The topological polar surface area (TPSA) is 54.7 Å². The van der Waals surface area contributed by atoms with Crippen LogP contribution < -0.4 is 10.1 Å². The SMILES string of the molecule is CN(C)C(CNC(=O)Cc1ccc(OC(F)F)cc1)c1ccco1. The van der Waals surface area contributed by atoms with Gasteiger partial charge in [0, 0.05) is 6.54 Å². The minimum absolute atomic E-state index is 0.0641. The quantitative estimate of drug-likeness (QED) is 0.804. The van der Waals surface area contributed by atoms with E-state index in [1.165, 1.54) is 12.1 Å². The van der Waals surface area contributed by atoms with Gasteiger partial charge >= 0.3 is 6.61 Å². The minimum Gasteiger partial charge on any atom is -0.468 e. The van der Waals surface area contributed by atoms with Crippen molar-refractivity contribution < 1.29 is 22.7 Å². The van der Waals surface area contributed by atoms with E-state index in [0.717, 1.165) is 5.76 Å². The number of carbonyl (C=O) groups is 1. The zero-order valence-corrected chi connectivity index (χ0v) is 13.5. The molecule has 5 nitrogen and oxygen atoms in total. The molecule has 1 heterocycles. The van der Waals surface area contributed by atoms with Gasteiger partial charge in [0.25, 0.3) is 0 Å². The van der Waals surface area contributed by atoms with Crippen LogP contribution in [0.4, 0.5) is 8.78 Å². The molecule has 2 aromatic rings. The molecule has 0 bridgehead atoms. The Balaban J connectivity index is 1.86. The summed E-state index contributed by atoms with van der Waals surface area (Å²) in [6, 6.07) is 9.61. The van der Waals surface area contributed by atoms with E-state index in [1.54, 1.807) is 24.5 Å². The first-order valence-electron chi connectivity index (χ1n) is 7.46. The normalized spacial score (nSPS) is 12.4. The van der Waals surface area contributed by atoms with Crippen molar-refractivity contribution in [1.29, 1.82) is 0 Å². The first kappa shape index (κ1) is 17.9. The Bertz CT molecular complexity index is 628. The van der Waals surface area contributed by atoms with Crippen molar-refractivity contribution in [3.63, 3.8) is 0 Å². The minimum atomic E-state index is -2.86. The molecule has 1 aromatic heterocycles. The molecule has 2 rings (SSSR count). The number of rotatable bonds is 8. The summed E-state index contributed by atoms with van der Waals surface area (Å²) in [4.78, 5) is 14.0. The number of ether oxygens (including phenoxy) is 1. The molecular weight excluding hydrogens is 318 g/mol. The summed E-state index contributed by atoms with van der Waals surface area (Å²) in [6.07, 6.45) is 1.75. The molecule has 1 amide bonds. The van der Waals surface area contributed by atoms with Crippen molar-refractivity contribution in [2.45, 2.75) is 19.1 Å². The molecule has 0 aliphatic heterocycles. The highest BCUT2D eigenvalue weighted by Gasteiger charge is 2.17. The third-order valence-electron chi connectivity index (χ3n) is 3.50. The van der Waals surface area contributed by atoms with Gasteiger partial charge in [0.15, 0.2) is 0 Å². The lowest BCUT2D eigenvalue weighted by molar-refractivity contribution is -0.120. The lowest BCUT2D eigenvalue weighted by Gasteiger charge is -2.22. The fourth-order valence-corrected chi connectivity index (χ4v) is 2.27. The van der Waals surface area contributed by atoms with Crippen LogP contribution in [-0.2, 0) is 11.2 Å². The van der Waals surface area contributed by atoms with Crippen LogP contribution in [0.2, 0.25) is 0 Å². The van der Waals surface area contributed by atoms with Gasteiger partial charge in [-0.05, 0) is 43.9 Å². The van der Waals surface area contributed by atoms with Gasteiger partial charge < -0.3 is 14.5 Å². The lowest BCUT2D eigenvalue weighted by Crippen LogP contribution is -2.35. The lowest BCUT2D eigenvalue weighted by atomic mass is 10.1. The van der Waals surface area contributed by atoms with Gasteiger partial charge in [-0.25, -0.2) is 0 Å². The summed E-state index contributed by atoms with van der Waals surface area (Å²) in [5.41, 5.74) is 0.716. The summed E-state index contributed by atoms with van der Waals surface area (Å²) >= 11 is 0. The zero-order chi connectivity index (χ0) is 17.5. The number of benzene rings is 1. The predicted octanol–water partition coefficient (Wildman–Crippen LogP) is 2.84. The molecule has 1 N–H and O–H groups in total. The Kier molecular flexibility index (Phi) is 6.31. The number of halogens is 2. The summed E-state index contributed by atoms with van der Waals surface area (Å²) in [5, 5.41) is 2.86. The molecule has 0 saturated carbocycles. The number of nitrogens with one attached hydrogen (secondary N) is 1. The monoisotopic (exact) mass is 338 g/mol. The molecule has 0 spiro atoms. The molecule has 1 unspecified atom stereocenters. The summed E-state index contributed by atoms with van der Waals surface area (Å²) in [5.74, 6) is 0.685. The third-order valence-corrected chi connectivity index (χ3v) is 3.50. The maximum absolute atomic E-state index is 12.1. The fraction of sp³-hybridized carbons (Fsp3) is 0.353. The van der Waals surface area contributed by atoms with E-state index in [1.807, 2.05) is 25.1 Å². The standard InChI is InChI=1S/C17H20F2N2O3/c1-21(2)14(15-4-3-9-23-15)11-20-16(22)10-12-5-7-13(8-6-12)24-17(18)19/h3-9,14,17H,10-11H2,1-2H3,(H,20,22). The average Bonchev–Trinajstić information content (AvgIpc) is 3.02. The number of carbonyl (C=O) groups excluding carboxylic acids is 1. The molecule has 0 fully saturated rings. The van der Waals surface area contributed by atoms with Crippen molar-refractivity contribution in [2.24, 2.45) is 0 Å². The van der Waals surface area contributed by atoms with Gasteiger partial charge in [-0.1, -0.05) is 12.1 Å². The van der Waals surface area contributed by atoms with Crippen LogP contribution >= 0.6 is 0 Å². The van der Waals surface area contributed by atoms with E-state index < -0.39 is 6.61 Å². The van der Waals surface area contributed by atoms with Gasteiger partial charge in [0.2, 0.25) is 5.91 Å². The fourth-order valence-electron chi connectivity index (χ4n) is 2.27. The number of hydrogen-bond donors (Lipinski definition) is 1. The number of nitrogens with zero attached hydrogens (tertiary/aromatic N) is 1. The molecule has 0 aliphatic carbocycles. The van der Waals surface area contributed by atoms with Gasteiger partial charge in [-0.3, -0.25) is 9.69 Å². The van der Waals surface area contributed by atoms with Crippen LogP contribution in [-0.4, -0.2) is 38.1 Å². The Morgan fingerprint density at radius 3 is 2.50 bits per heavy atom. The number of likely N-dealkylation sites (N-methyl/N-ethyl adjacent to an activating group) is 1. The van der Waals surface area contributed by atoms with Crippen molar-refractivity contribution in [1.82, 2.24) is 10.2 Å². The van der Waals surface area contributed by atoms with E-state index in [-0.39, 0.29) is 24.1 Å². The largest absolute Gasteiger partial charge is 0.468 e. The summed E-state index contributed by atoms with van der Waals surface area (Å²) in [7, 11) is 3.81. The molecule has 0 saturated heterocycles. The van der Waals surface area contributed by atoms with E-state index >= 15 is 0 Å². The maximum Gasteiger partial charge on any atom is 0.387 e. The maximum atomic E-state index is 12.1. The number of hydrogen-bond acceptors (Lipinski definition) is 4. The molecule has 1 aromatic carbocycles. The van der Waals surface area contributed by atoms with Crippen molar-refractivity contribution in [3.8, 4) is 5.75 Å². The van der Waals surface area contributed by atoms with Crippen LogP contribution in [0.5, 0.6) is 5.75 Å². The van der Waals surface area contributed by atoms with Gasteiger partial charge in [-0.2, -0.15) is 8.78 Å². The van der Waals surface area contributed by atoms with Crippen molar-refractivity contribution in [3.05, 3.63) is 54.0 Å². The number of amides is 1. The molecule has 7 heteroatoms. The van der Waals surface area contributed by atoms with Crippen molar-refractivity contribution >= 4 is 5.91 Å². The van der Waals surface area contributed by atoms with E-state index in [9.17, 15) is 13.6 Å². The molecule has 0 radical (unpaired) electrons. The predicted molar refractivity (Wildman–Crippen MR) is 84.9 cm³/mol. The van der Waals surface area contributed by atoms with Crippen LogP contribution in [0, 0.1) is 0 Å². The smallest absolute Gasteiger partial charge is 0.387 e. The molecule has 1 atom stereocenters. The second kappa shape index (κ2) is 8.44. The van der Waals surface area contributed by atoms with Gasteiger partial charge in [0.05, 0.1) is 18.7 Å². The molecule has 24 heavy (non-hydrogen) atoms. The van der Waals surface area contributed by atoms with E-state index in [2.05, 4.69) is 10.1 Å². The summed E-state index contributed by atoms with van der Waals surface area (Å²) < 4.78 is 33.8. The summed E-state index contributed by atoms with van der Waals surface area (Å²) in [6.45, 7) is -2.45. The van der Waals surface area contributed by atoms with Gasteiger partial charge in [-0.15, -0.1) is 0 Å². The Hall–Kier alpha value is -2.41. The molecule has 130 valence electrons. The second-order valence-electron chi connectivity index (χ2n) is 5.50. The van der Waals surface area contributed by atoms with Crippen LogP contribution in [0.1, 0.15) is 17.4 Å². The zero-order valence-electron chi connectivity index (χ0n) is 13.5. The van der Waals surface area contributed by atoms with Gasteiger partial charge in [0.1, 0.15) is 11.5 Å². The first-order chi connectivity index (χ1) is 11.5. The highest BCUT2D eigenvalue weighted by Crippen LogP contribution is 2.18. The van der Waals surface area contributed by atoms with Crippen LogP contribution in [0.3, 0.4) is 0 Å². The van der Waals surface area contributed by atoms with E-state index in [0.29, 0.717) is 12.1 Å². The second-order valence-corrected chi connectivity index (χ2v) is 5.50. The van der Waals surface area contributed by atoms with Crippen LogP contribution in [0.15, 0.2) is 47.1 Å². The first-order valence-corrected chi connectivity index (χ1v) is 7.46. The van der Waals surface area contributed by atoms with E-state index in [4.69, 9.17) is 4.42 Å². The Morgan fingerprint density at radius 2 is 1.96 bits per heavy atom. The highest BCUT2D eigenvalue weighted by molar-refractivity contribution is 5.78. The Labute approximate surface area is 139 Å². The highest BCUT2D eigenvalue weighted by atomic mass is 19.3. The van der Waals surface area contributed by atoms with Crippen molar-refractivity contribution in [2.75, 3.05) is 20.6 Å². The molecule has 0 aliphatic rings. The Morgan fingerprint density at radius 1 is 1.25 bits per heavy atom. The average molecular weight is 338 g/mol.